The summed E-state index contributed by atoms with van der Waals surface area (Å²) in [5, 5.41) is 3.86. The predicted molar refractivity (Wildman–Crippen MR) is 134 cm³/mol. The molecule has 6 heteroatoms. The Hall–Kier alpha value is -2.92. The summed E-state index contributed by atoms with van der Waals surface area (Å²) in [6.07, 6.45) is 0. The first-order valence-electron chi connectivity index (χ1n) is 10.2. The van der Waals surface area contributed by atoms with Gasteiger partial charge in [-0.05, 0) is 86.6 Å². The molecule has 32 heavy (non-hydrogen) atoms. The van der Waals surface area contributed by atoms with E-state index in [-0.39, 0.29) is 6.79 Å². The number of methoxy groups -OCH3 is 1. The standard InChI is InChI=1S/C17H16ClNO2.C9H8ClN/c1-12-9-13-10-14(18)3-8-17(13)19(12)15-4-6-16(7-5-15)21-11-20-2;1-6-4-7-5-8(10)2-3-9(7)11-6/h3-10H,11H2,1-2H3;2-5,11H,1H3. The van der Waals surface area contributed by atoms with Gasteiger partial charge in [0.15, 0.2) is 6.79 Å². The van der Waals surface area contributed by atoms with Crippen molar-refractivity contribution >= 4 is 45.0 Å². The number of aromatic amines is 1. The van der Waals surface area contributed by atoms with Crippen molar-refractivity contribution in [1.82, 2.24) is 9.55 Å². The summed E-state index contributed by atoms with van der Waals surface area (Å²) in [7, 11) is 1.61. The van der Waals surface area contributed by atoms with E-state index in [0.717, 1.165) is 43.6 Å². The summed E-state index contributed by atoms with van der Waals surface area (Å²) in [5.74, 6) is 0.790. The number of nitrogens with one attached hydrogen (secondary N) is 1. The number of aromatic nitrogens is 2. The SMILES string of the molecule is COCOc1ccc(-n2c(C)cc3cc(Cl)ccc32)cc1.Cc1cc2cc(Cl)ccc2[nH]1. The fraction of sp³-hybridized carbons (Fsp3) is 0.154. The molecule has 0 spiro atoms. The zero-order valence-corrected chi connectivity index (χ0v) is 19.7. The van der Waals surface area contributed by atoms with Gasteiger partial charge in [0.2, 0.25) is 0 Å². The minimum absolute atomic E-state index is 0.253. The van der Waals surface area contributed by atoms with Crippen LogP contribution < -0.4 is 4.74 Å². The fourth-order valence-electron chi connectivity index (χ4n) is 3.73. The Kier molecular flexibility index (Phi) is 6.75. The van der Waals surface area contributed by atoms with E-state index >= 15 is 0 Å². The first-order chi connectivity index (χ1) is 15.4. The molecule has 0 aliphatic carbocycles. The number of hydrogen-bond donors (Lipinski definition) is 1. The van der Waals surface area contributed by atoms with E-state index in [0.29, 0.717) is 0 Å². The van der Waals surface area contributed by atoms with Gasteiger partial charge < -0.3 is 19.0 Å². The topological polar surface area (TPSA) is 39.2 Å². The number of hydrogen-bond acceptors (Lipinski definition) is 2. The van der Waals surface area contributed by atoms with Crippen molar-refractivity contribution in [3.05, 3.63) is 94.2 Å². The highest BCUT2D eigenvalue weighted by Gasteiger charge is 2.08. The van der Waals surface area contributed by atoms with Gasteiger partial charge in [0.05, 0.1) is 5.52 Å². The number of rotatable bonds is 4. The molecule has 2 aromatic heterocycles. The van der Waals surface area contributed by atoms with Gasteiger partial charge in [-0.2, -0.15) is 0 Å². The summed E-state index contributed by atoms with van der Waals surface area (Å²) in [5.41, 5.74) is 5.71. The van der Waals surface area contributed by atoms with Gasteiger partial charge in [0.1, 0.15) is 5.75 Å². The summed E-state index contributed by atoms with van der Waals surface area (Å²) < 4.78 is 12.5. The molecule has 2 heterocycles. The predicted octanol–water partition coefficient (Wildman–Crippen LogP) is 7.70. The van der Waals surface area contributed by atoms with Crippen LogP contribution in [0.15, 0.2) is 72.8 Å². The summed E-state index contributed by atoms with van der Waals surface area (Å²) in [6.45, 7) is 4.38. The Morgan fingerprint density at radius 2 is 1.50 bits per heavy atom. The van der Waals surface area contributed by atoms with Crippen molar-refractivity contribution in [2.45, 2.75) is 13.8 Å². The average molecular weight is 467 g/mol. The van der Waals surface area contributed by atoms with Crippen LogP contribution in [0.5, 0.6) is 5.75 Å². The van der Waals surface area contributed by atoms with Gasteiger partial charge in [-0.15, -0.1) is 0 Å². The smallest absolute Gasteiger partial charge is 0.188 e. The molecule has 5 rings (SSSR count). The second-order valence-electron chi connectivity index (χ2n) is 7.55. The lowest BCUT2D eigenvalue weighted by atomic mass is 10.2. The van der Waals surface area contributed by atoms with Crippen LogP contribution in [0.1, 0.15) is 11.4 Å². The number of halogens is 2. The second-order valence-corrected chi connectivity index (χ2v) is 8.43. The molecule has 3 aromatic carbocycles. The summed E-state index contributed by atoms with van der Waals surface area (Å²) in [6, 6.07) is 23.9. The van der Waals surface area contributed by atoms with E-state index in [1.165, 1.54) is 11.1 Å². The Labute approximate surface area is 197 Å². The normalized spacial score (nSPS) is 10.9. The molecule has 0 atom stereocenters. The van der Waals surface area contributed by atoms with E-state index in [1.807, 2.05) is 67.6 Å². The van der Waals surface area contributed by atoms with Crippen LogP contribution in [0.4, 0.5) is 0 Å². The lowest BCUT2D eigenvalue weighted by molar-refractivity contribution is 0.0511. The molecule has 0 saturated heterocycles. The van der Waals surface area contributed by atoms with E-state index in [4.69, 9.17) is 32.7 Å². The molecule has 5 aromatic rings. The van der Waals surface area contributed by atoms with Crippen LogP contribution >= 0.6 is 23.2 Å². The van der Waals surface area contributed by atoms with E-state index < -0.39 is 0 Å². The van der Waals surface area contributed by atoms with Crippen LogP contribution in [0.3, 0.4) is 0 Å². The van der Waals surface area contributed by atoms with Crippen LogP contribution in [0.25, 0.3) is 27.5 Å². The number of benzene rings is 3. The van der Waals surface area contributed by atoms with Gasteiger partial charge in [-0.25, -0.2) is 0 Å². The zero-order chi connectivity index (χ0) is 22.7. The van der Waals surface area contributed by atoms with Crippen LogP contribution in [0, 0.1) is 13.8 Å². The molecule has 0 amide bonds. The summed E-state index contributed by atoms with van der Waals surface area (Å²) >= 11 is 11.9. The highest BCUT2D eigenvalue weighted by molar-refractivity contribution is 6.31. The molecular formula is C26H24Cl2N2O2. The third-order valence-electron chi connectivity index (χ3n) is 5.10. The van der Waals surface area contributed by atoms with Gasteiger partial charge >= 0.3 is 0 Å². The van der Waals surface area contributed by atoms with Crippen molar-refractivity contribution < 1.29 is 9.47 Å². The number of nitrogens with zero attached hydrogens (tertiary/aromatic N) is 1. The number of H-pyrrole nitrogens is 1. The number of aryl methyl sites for hydroxylation is 2. The van der Waals surface area contributed by atoms with E-state index in [2.05, 4.69) is 28.6 Å². The highest BCUT2D eigenvalue weighted by atomic mass is 35.5. The van der Waals surface area contributed by atoms with Crippen molar-refractivity contribution in [1.29, 1.82) is 0 Å². The molecule has 0 saturated carbocycles. The van der Waals surface area contributed by atoms with Gasteiger partial charge in [0.25, 0.3) is 0 Å². The molecule has 0 unspecified atom stereocenters. The lowest BCUT2D eigenvalue weighted by Crippen LogP contribution is -2.00. The molecule has 1 N–H and O–H groups in total. The van der Waals surface area contributed by atoms with Crippen molar-refractivity contribution in [2.24, 2.45) is 0 Å². The average Bonchev–Trinajstić information content (AvgIpc) is 3.30. The van der Waals surface area contributed by atoms with E-state index in [1.54, 1.807) is 7.11 Å². The fourth-order valence-corrected chi connectivity index (χ4v) is 4.10. The molecule has 0 radical (unpaired) electrons. The van der Waals surface area contributed by atoms with Gasteiger partial charge in [-0.1, -0.05) is 23.2 Å². The first-order valence-corrected chi connectivity index (χ1v) is 10.9. The third kappa shape index (κ3) is 4.94. The van der Waals surface area contributed by atoms with Crippen molar-refractivity contribution in [2.75, 3.05) is 13.9 Å². The highest BCUT2D eigenvalue weighted by Crippen LogP contribution is 2.27. The maximum absolute atomic E-state index is 6.06. The molecule has 0 aliphatic rings. The molecule has 4 nitrogen and oxygen atoms in total. The Morgan fingerprint density at radius 3 is 2.22 bits per heavy atom. The quantitative estimate of drug-likeness (QED) is 0.275. The van der Waals surface area contributed by atoms with Crippen molar-refractivity contribution in [3.63, 3.8) is 0 Å². The molecule has 164 valence electrons. The second kappa shape index (κ2) is 9.70. The van der Waals surface area contributed by atoms with Crippen LogP contribution in [0.2, 0.25) is 10.0 Å². The zero-order valence-electron chi connectivity index (χ0n) is 18.2. The van der Waals surface area contributed by atoms with Crippen molar-refractivity contribution in [3.8, 4) is 11.4 Å². The molecule has 0 fully saturated rings. The Bertz CT molecular complexity index is 1350. The minimum atomic E-state index is 0.253. The van der Waals surface area contributed by atoms with Crippen LogP contribution in [-0.2, 0) is 4.74 Å². The largest absolute Gasteiger partial charge is 0.468 e. The lowest BCUT2D eigenvalue weighted by Gasteiger charge is -2.10. The minimum Gasteiger partial charge on any atom is -0.468 e. The maximum Gasteiger partial charge on any atom is 0.188 e. The molecular weight excluding hydrogens is 443 g/mol. The Balaban J connectivity index is 0.000000186. The monoisotopic (exact) mass is 466 g/mol. The Morgan fingerprint density at radius 1 is 0.812 bits per heavy atom. The van der Waals surface area contributed by atoms with Gasteiger partial charge in [-0.3, -0.25) is 0 Å². The number of ether oxygens (including phenoxy) is 2. The maximum atomic E-state index is 6.06. The van der Waals surface area contributed by atoms with E-state index in [9.17, 15) is 0 Å². The third-order valence-corrected chi connectivity index (χ3v) is 5.57. The summed E-state index contributed by atoms with van der Waals surface area (Å²) in [4.78, 5) is 3.23. The first kappa shape index (κ1) is 22.3. The van der Waals surface area contributed by atoms with Gasteiger partial charge in [0, 0.05) is 50.5 Å². The number of fused-ring (bicyclic) bond motifs is 2. The molecule has 0 aliphatic heterocycles. The molecule has 0 bridgehead atoms. The van der Waals surface area contributed by atoms with Crippen LogP contribution in [-0.4, -0.2) is 23.5 Å².